The minimum atomic E-state index is -0.305. The van der Waals surface area contributed by atoms with Crippen LogP contribution in [0.2, 0.25) is 5.02 Å². The summed E-state index contributed by atoms with van der Waals surface area (Å²) in [6.07, 6.45) is 4.64. The van der Waals surface area contributed by atoms with Crippen molar-refractivity contribution in [2.45, 2.75) is 25.7 Å². The number of piperidine rings is 1. The molecule has 1 aliphatic rings. The molecule has 0 radical (unpaired) electrons. The van der Waals surface area contributed by atoms with Crippen LogP contribution in [0.15, 0.2) is 18.2 Å². The van der Waals surface area contributed by atoms with Crippen LogP contribution in [0.1, 0.15) is 24.8 Å². The Balaban J connectivity index is 1.86. The lowest BCUT2D eigenvalue weighted by Gasteiger charge is -2.22. The topological polar surface area (TPSA) is 12.0 Å². The van der Waals surface area contributed by atoms with Gasteiger partial charge in [-0.15, -0.1) is 0 Å². The van der Waals surface area contributed by atoms with E-state index in [-0.39, 0.29) is 10.8 Å². The number of hydrogen-bond donors (Lipinski definition) is 1. The van der Waals surface area contributed by atoms with E-state index in [9.17, 15) is 4.39 Å². The molecule has 1 N–H and O–H groups in total. The van der Waals surface area contributed by atoms with Gasteiger partial charge in [0.2, 0.25) is 0 Å². The first-order valence-electron chi connectivity index (χ1n) is 5.90. The molecule has 16 heavy (non-hydrogen) atoms. The lowest BCUT2D eigenvalue weighted by molar-refractivity contribution is 0.358. The molecule has 0 aromatic heterocycles. The molecule has 1 heterocycles. The second kappa shape index (κ2) is 5.65. The Bertz CT molecular complexity index is 348. The molecular formula is C13H17ClFN. The molecule has 0 saturated carbocycles. The van der Waals surface area contributed by atoms with Crippen LogP contribution >= 0.6 is 11.6 Å². The van der Waals surface area contributed by atoms with Crippen molar-refractivity contribution in [2.75, 3.05) is 13.1 Å². The van der Waals surface area contributed by atoms with Crippen LogP contribution in [0, 0.1) is 11.7 Å². The predicted molar refractivity (Wildman–Crippen MR) is 65.3 cm³/mol. The van der Waals surface area contributed by atoms with E-state index in [1.165, 1.54) is 12.8 Å². The molecule has 1 aromatic carbocycles. The largest absolute Gasteiger partial charge is 0.316 e. The van der Waals surface area contributed by atoms with Gasteiger partial charge >= 0.3 is 0 Å². The van der Waals surface area contributed by atoms with Crippen molar-refractivity contribution >= 4 is 11.6 Å². The fraction of sp³-hybridized carbons (Fsp3) is 0.538. The Morgan fingerprint density at radius 1 is 1.44 bits per heavy atom. The van der Waals surface area contributed by atoms with Crippen molar-refractivity contribution in [3.8, 4) is 0 Å². The Morgan fingerprint density at radius 3 is 3.00 bits per heavy atom. The van der Waals surface area contributed by atoms with Crippen LogP contribution in [0.4, 0.5) is 4.39 Å². The van der Waals surface area contributed by atoms with E-state index < -0.39 is 0 Å². The van der Waals surface area contributed by atoms with Gasteiger partial charge in [0.15, 0.2) is 0 Å². The number of rotatable bonds is 3. The van der Waals surface area contributed by atoms with E-state index in [4.69, 9.17) is 11.6 Å². The second-order valence-corrected chi connectivity index (χ2v) is 4.91. The normalized spacial score (nSPS) is 21.0. The number of benzene rings is 1. The zero-order chi connectivity index (χ0) is 11.4. The Morgan fingerprint density at radius 2 is 2.31 bits per heavy atom. The Hall–Kier alpha value is -0.600. The summed E-state index contributed by atoms with van der Waals surface area (Å²) < 4.78 is 13.2. The van der Waals surface area contributed by atoms with Gasteiger partial charge in [0, 0.05) is 0 Å². The van der Waals surface area contributed by atoms with Gasteiger partial charge in [-0.25, -0.2) is 4.39 Å². The van der Waals surface area contributed by atoms with Crippen molar-refractivity contribution < 1.29 is 4.39 Å². The van der Waals surface area contributed by atoms with Crippen LogP contribution < -0.4 is 5.32 Å². The van der Waals surface area contributed by atoms with E-state index in [1.807, 2.05) is 6.07 Å². The maximum atomic E-state index is 13.2. The third-order valence-electron chi connectivity index (χ3n) is 3.22. The summed E-state index contributed by atoms with van der Waals surface area (Å²) in [6.45, 7) is 2.25. The van der Waals surface area contributed by atoms with Crippen LogP contribution in [-0.4, -0.2) is 13.1 Å². The second-order valence-electron chi connectivity index (χ2n) is 4.50. The van der Waals surface area contributed by atoms with Crippen molar-refractivity contribution in [1.82, 2.24) is 5.32 Å². The summed E-state index contributed by atoms with van der Waals surface area (Å²) in [5, 5.41) is 3.61. The minimum absolute atomic E-state index is 0.211. The maximum Gasteiger partial charge on any atom is 0.142 e. The molecule has 0 amide bonds. The maximum absolute atomic E-state index is 13.2. The molecule has 1 atom stereocenters. The van der Waals surface area contributed by atoms with Crippen LogP contribution in [-0.2, 0) is 6.42 Å². The lowest BCUT2D eigenvalue weighted by atomic mass is 9.93. The van der Waals surface area contributed by atoms with Crippen LogP contribution in [0.5, 0.6) is 0 Å². The SMILES string of the molecule is Fc1cc(CCC2CCCNC2)ccc1Cl. The summed E-state index contributed by atoms with van der Waals surface area (Å²) in [4.78, 5) is 0. The van der Waals surface area contributed by atoms with Gasteiger partial charge < -0.3 is 5.32 Å². The lowest BCUT2D eigenvalue weighted by Crippen LogP contribution is -2.29. The predicted octanol–water partition coefficient (Wildman–Crippen LogP) is 3.41. The van der Waals surface area contributed by atoms with Gasteiger partial charge in [0.1, 0.15) is 5.82 Å². The highest BCUT2D eigenvalue weighted by Crippen LogP contribution is 2.20. The first-order valence-corrected chi connectivity index (χ1v) is 6.28. The van der Waals surface area contributed by atoms with E-state index >= 15 is 0 Å². The first-order chi connectivity index (χ1) is 7.75. The van der Waals surface area contributed by atoms with E-state index in [1.54, 1.807) is 12.1 Å². The molecule has 3 heteroatoms. The Kier molecular flexibility index (Phi) is 4.19. The fourth-order valence-corrected chi connectivity index (χ4v) is 2.35. The average molecular weight is 242 g/mol. The highest BCUT2D eigenvalue weighted by Gasteiger charge is 2.12. The molecule has 1 unspecified atom stereocenters. The van der Waals surface area contributed by atoms with Gasteiger partial charge in [-0.1, -0.05) is 17.7 Å². The molecule has 1 fully saturated rings. The summed E-state index contributed by atoms with van der Waals surface area (Å²) in [6, 6.07) is 5.12. The van der Waals surface area contributed by atoms with Crippen molar-refractivity contribution in [3.05, 3.63) is 34.6 Å². The van der Waals surface area contributed by atoms with Gasteiger partial charge in [0.25, 0.3) is 0 Å². The van der Waals surface area contributed by atoms with E-state index in [2.05, 4.69) is 5.32 Å². The third-order valence-corrected chi connectivity index (χ3v) is 3.53. The number of nitrogens with one attached hydrogen (secondary N) is 1. The molecule has 2 rings (SSSR count). The molecule has 1 nitrogen and oxygen atoms in total. The average Bonchev–Trinajstić information content (AvgIpc) is 2.32. The number of aryl methyl sites for hydroxylation is 1. The smallest absolute Gasteiger partial charge is 0.142 e. The first kappa shape index (κ1) is 11.9. The van der Waals surface area contributed by atoms with Gasteiger partial charge in [-0.05, 0) is 62.4 Å². The summed E-state index contributed by atoms with van der Waals surface area (Å²) in [5.74, 6) is 0.438. The highest BCUT2D eigenvalue weighted by molar-refractivity contribution is 6.30. The standard InChI is InChI=1S/C13H17ClFN/c14-12-6-5-10(8-13(12)15)3-4-11-2-1-7-16-9-11/h5-6,8,11,16H,1-4,7,9H2. The molecule has 0 bridgehead atoms. The van der Waals surface area contributed by atoms with Crippen molar-refractivity contribution in [2.24, 2.45) is 5.92 Å². The minimum Gasteiger partial charge on any atom is -0.316 e. The van der Waals surface area contributed by atoms with Crippen LogP contribution in [0.25, 0.3) is 0 Å². The van der Waals surface area contributed by atoms with Gasteiger partial charge in [0.05, 0.1) is 5.02 Å². The van der Waals surface area contributed by atoms with Gasteiger partial charge in [-0.3, -0.25) is 0 Å². The van der Waals surface area contributed by atoms with Crippen molar-refractivity contribution in [1.29, 1.82) is 0 Å². The highest BCUT2D eigenvalue weighted by atomic mass is 35.5. The molecule has 1 aromatic rings. The molecule has 1 aliphatic heterocycles. The van der Waals surface area contributed by atoms with E-state index in [0.29, 0.717) is 0 Å². The Labute approximate surface area is 101 Å². The third kappa shape index (κ3) is 3.19. The zero-order valence-electron chi connectivity index (χ0n) is 9.31. The van der Waals surface area contributed by atoms with Crippen LogP contribution in [0.3, 0.4) is 0 Å². The van der Waals surface area contributed by atoms with E-state index in [0.717, 1.165) is 37.4 Å². The fourth-order valence-electron chi connectivity index (χ4n) is 2.24. The zero-order valence-corrected chi connectivity index (χ0v) is 10.1. The monoisotopic (exact) mass is 241 g/mol. The summed E-state index contributed by atoms with van der Waals surface area (Å²) >= 11 is 5.64. The molecule has 0 spiro atoms. The molecule has 0 aliphatic carbocycles. The summed E-state index contributed by atoms with van der Waals surface area (Å²) in [5.41, 5.74) is 1.05. The number of hydrogen-bond acceptors (Lipinski definition) is 1. The number of halogens is 2. The van der Waals surface area contributed by atoms with Crippen molar-refractivity contribution in [3.63, 3.8) is 0 Å². The quantitative estimate of drug-likeness (QED) is 0.855. The molecule has 1 saturated heterocycles. The molecular weight excluding hydrogens is 225 g/mol. The molecule has 88 valence electrons. The van der Waals surface area contributed by atoms with Gasteiger partial charge in [-0.2, -0.15) is 0 Å². The summed E-state index contributed by atoms with van der Waals surface area (Å²) in [7, 11) is 0.